The van der Waals surface area contributed by atoms with Crippen molar-refractivity contribution in [1.82, 2.24) is 9.97 Å². The third kappa shape index (κ3) is 5.32. The van der Waals surface area contributed by atoms with E-state index < -0.39 is 0 Å². The first-order chi connectivity index (χ1) is 14.4. The Balaban J connectivity index is 1.53. The summed E-state index contributed by atoms with van der Waals surface area (Å²) in [6.45, 7) is 0.860. The van der Waals surface area contributed by atoms with Crippen molar-refractivity contribution < 1.29 is 9.47 Å². The Morgan fingerprint density at radius 1 is 0.690 bits per heavy atom. The highest BCUT2D eigenvalue weighted by molar-refractivity contribution is 5.64. The van der Waals surface area contributed by atoms with Crippen LogP contribution >= 0.6 is 0 Å². The lowest BCUT2D eigenvalue weighted by Crippen LogP contribution is -2.04. The highest BCUT2D eigenvalue weighted by atomic mass is 16.5. The van der Waals surface area contributed by atoms with Gasteiger partial charge in [0.2, 0.25) is 11.8 Å². The zero-order valence-electron chi connectivity index (χ0n) is 15.9. The van der Waals surface area contributed by atoms with Crippen LogP contribution in [0.25, 0.3) is 0 Å². The Kier molecular flexibility index (Phi) is 5.98. The molecule has 4 rings (SSSR count). The summed E-state index contributed by atoms with van der Waals surface area (Å²) in [5.74, 6) is 0.983. The van der Waals surface area contributed by atoms with E-state index in [1.807, 2.05) is 84.9 Å². The zero-order chi connectivity index (χ0) is 19.7. The lowest BCUT2D eigenvalue weighted by Gasteiger charge is -2.14. The predicted molar refractivity (Wildman–Crippen MR) is 113 cm³/mol. The van der Waals surface area contributed by atoms with E-state index >= 15 is 0 Å². The number of ether oxygens (including phenoxy) is 2. The quantitative estimate of drug-likeness (QED) is 0.443. The van der Waals surface area contributed by atoms with Crippen molar-refractivity contribution in [3.05, 3.63) is 108 Å². The molecule has 144 valence electrons. The van der Waals surface area contributed by atoms with Crippen molar-refractivity contribution in [3.63, 3.8) is 0 Å². The van der Waals surface area contributed by atoms with Gasteiger partial charge in [-0.2, -0.15) is 4.98 Å². The molecular weight excluding hydrogens is 362 g/mol. The van der Waals surface area contributed by atoms with Crippen molar-refractivity contribution in [3.8, 4) is 11.8 Å². The van der Waals surface area contributed by atoms with Crippen LogP contribution in [0.15, 0.2) is 97.3 Å². The summed E-state index contributed by atoms with van der Waals surface area (Å²) in [5, 5.41) is 3.30. The van der Waals surface area contributed by atoms with Crippen LogP contribution in [0.5, 0.6) is 11.8 Å². The van der Waals surface area contributed by atoms with Gasteiger partial charge in [0, 0.05) is 12.3 Å². The van der Waals surface area contributed by atoms with Crippen LogP contribution in [-0.2, 0) is 13.2 Å². The van der Waals surface area contributed by atoms with E-state index in [-0.39, 0.29) is 0 Å². The van der Waals surface area contributed by atoms with Crippen LogP contribution in [0, 0.1) is 0 Å². The van der Waals surface area contributed by atoms with Crippen molar-refractivity contribution in [1.29, 1.82) is 0 Å². The highest BCUT2D eigenvalue weighted by Gasteiger charge is 2.10. The molecule has 5 nitrogen and oxygen atoms in total. The first-order valence-electron chi connectivity index (χ1n) is 9.38. The van der Waals surface area contributed by atoms with E-state index in [1.54, 1.807) is 12.4 Å². The number of rotatable bonds is 8. The molecular formula is C24H21N3O2. The van der Waals surface area contributed by atoms with E-state index in [2.05, 4.69) is 15.3 Å². The minimum absolute atomic E-state index is 0.414. The van der Waals surface area contributed by atoms with Gasteiger partial charge in [0.15, 0.2) is 0 Å². The molecule has 0 aliphatic carbocycles. The number of hydrogen-bond acceptors (Lipinski definition) is 5. The number of nitrogens with one attached hydrogen (secondary N) is 1. The second-order valence-electron chi connectivity index (χ2n) is 6.42. The van der Waals surface area contributed by atoms with Crippen molar-refractivity contribution in [2.75, 3.05) is 5.32 Å². The van der Waals surface area contributed by atoms with Gasteiger partial charge in [-0.05, 0) is 29.3 Å². The summed E-state index contributed by atoms with van der Waals surface area (Å²) in [6.07, 6.45) is 3.48. The maximum Gasteiger partial charge on any atom is 0.241 e. The van der Waals surface area contributed by atoms with Crippen molar-refractivity contribution >= 4 is 11.4 Å². The van der Waals surface area contributed by atoms with Gasteiger partial charge in [-0.1, -0.05) is 60.7 Å². The number of benzene rings is 2. The Bertz CT molecular complexity index is 1030. The molecule has 2 aromatic carbocycles. The number of hydrogen-bond donors (Lipinski definition) is 1. The fourth-order valence-electron chi connectivity index (χ4n) is 2.76. The Morgan fingerprint density at radius 2 is 1.38 bits per heavy atom. The standard InChI is InChI=1S/C24H21N3O2/c1-3-8-19(9-4-1)17-28-23-14-13-22(26-21-12-7-15-25-16-21)24(27-23)29-18-20-10-5-2-6-11-20/h1-16,26H,17-18H2. The smallest absolute Gasteiger partial charge is 0.241 e. The minimum atomic E-state index is 0.414. The summed E-state index contributed by atoms with van der Waals surface area (Å²) in [7, 11) is 0. The lowest BCUT2D eigenvalue weighted by atomic mass is 10.2. The molecule has 0 bridgehead atoms. The fourth-order valence-corrected chi connectivity index (χ4v) is 2.76. The topological polar surface area (TPSA) is 56.3 Å². The average molecular weight is 383 g/mol. The van der Waals surface area contributed by atoms with E-state index in [0.717, 1.165) is 22.5 Å². The monoisotopic (exact) mass is 383 g/mol. The third-order valence-corrected chi connectivity index (χ3v) is 4.22. The van der Waals surface area contributed by atoms with Crippen LogP contribution in [0.1, 0.15) is 11.1 Å². The van der Waals surface area contributed by atoms with Crippen molar-refractivity contribution in [2.45, 2.75) is 13.2 Å². The Morgan fingerprint density at radius 3 is 2.03 bits per heavy atom. The van der Waals surface area contributed by atoms with E-state index in [1.165, 1.54) is 0 Å². The Hall–Kier alpha value is -3.86. The normalized spacial score (nSPS) is 10.3. The molecule has 4 aromatic rings. The number of aromatic nitrogens is 2. The second kappa shape index (κ2) is 9.37. The molecule has 0 saturated carbocycles. The van der Waals surface area contributed by atoms with Gasteiger partial charge in [0.25, 0.3) is 0 Å². The largest absolute Gasteiger partial charge is 0.473 e. The van der Waals surface area contributed by atoms with Crippen LogP contribution in [0.4, 0.5) is 11.4 Å². The predicted octanol–water partition coefficient (Wildman–Crippen LogP) is 5.38. The molecule has 0 atom stereocenters. The van der Waals surface area contributed by atoms with Gasteiger partial charge < -0.3 is 14.8 Å². The van der Waals surface area contributed by atoms with Gasteiger partial charge in [-0.15, -0.1) is 0 Å². The van der Waals surface area contributed by atoms with Gasteiger partial charge in [-0.25, -0.2) is 0 Å². The summed E-state index contributed by atoms with van der Waals surface area (Å²) in [6, 6.07) is 27.5. The number of nitrogens with zero attached hydrogens (tertiary/aromatic N) is 2. The zero-order valence-corrected chi connectivity index (χ0v) is 15.9. The van der Waals surface area contributed by atoms with E-state index in [0.29, 0.717) is 25.0 Å². The van der Waals surface area contributed by atoms with Crippen molar-refractivity contribution in [2.24, 2.45) is 0 Å². The number of anilines is 2. The van der Waals surface area contributed by atoms with Crippen LogP contribution < -0.4 is 14.8 Å². The summed E-state index contributed by atoms with van der Waals surface area (Å²) in [4.78, 5) is 8.71. The van der Waals surface area contributed by atoms with Gasteiger partial charge in [0.1, 0.15) is 18.9 Å². The maximum atomic E-state index is 6.01. The molecule has 2 aromatic heterocycles. The molecule has 5 heteroatoms. The molecule has 0 unspecified atom stereocenters. The highest BCUT2D eigenvalue weighted by Crippen LogP contribution is 2.29. The molecule has 2 heterocycles. The summed E-state index contributed by atoms with van der Waals surface area (Å²) < 4.78 is 11.9. The number of pyridine rings is 2. The van der Waals surface area contributed by atoms with E-state index in [9.17, 15) is 0 Å². The van der Waals surface area contributed by atoms with Gasteiger partial charge in [-0.3, -0.25) is 4.98 Å². The maximum absolute atomic E-state index is 6.01. The molecule has 0 radical (unpaired) electrons. The minimum Gasteiger partial charge on any atom is -0.473 e. The molecule has 0 spiro atoms. The van der Waals surface area contributed by atoms with Gasteiger partial charge >= 0.3 is 0 Å². The van der Waals surface area contributed by atoms with Crippen LogP contribution in [0.2, 0.25) is 0 Å². The third-order valence-electron chi connectivity index (χ3n) is 4.22. The lowest BCUT2D eigenvalue weighted by molar-refractivity contribution is 0.269. The molecule has 0 saturated heterocycles. The second-order valence-corrected chi connectivity index (χ2v) is 6.42. The van der Waals surface area contributed by atoms with Crippen LogP contribution in [-0.4, -0.2) is 9.97 Å². The first-order valence-corrected chi connectivity index (χ1v) is 9.38. The molecule has 0 amide bonds. The summed E-state index contributed by atoms with van der Waals surface area (Å²) in [5.41, 5.74) is 3.76. The van der Waals surface area contributed by atoms with Crippen LogP contribution in [0.3, 0.4) is 0 Å². The van der Waals surface area contributed by atoms with Gasteiger partial charge in [0.05, 0.1) is 11.9 Å². The Labute approximate surface area is 170 Å². The van der Waals surface area contributed by atoms with E-state index in [4.69, 9.17) is 9.47 Å². The molecule has 0 aliphatic heterocycles. The average Bonchev–Trinajstić information content (AvgIpc) is 2.79. The fraction of sp³-hybridized carbons (Fsp3) is 0.0833. The molecule has 0 fully saturated rings. The molecule has 29 heavy (non-hydrogen) atoms. The first kappa shape index (κ1) is 18.5. The molecule has 1 N–H and O–H groups in total. The summed E-state index contributed by atoms with van der Waals surface area (Å²) >= 11 is 0. The SMILES string of the molecule is c1ccc(COc2ccc(Nc3cccnc3)c(OCc3ccccc3)n2)cc1. The molecule has 0 aliphatic rings.